The molecule has 1 saturated heterocycles. The van der Waals surface area contributed by atoms with Gasteiger partial charge in [0.25, 0.3) is 5.91 Å². The fourth-order valence-corrected chi connectivity index (χ4v) is 2.82. The second-order valence-electron chi connectivity index (χ2n) is 5.24. The maximum Gasteiger partial charge on any atom is 0.355 e. The van der Waals surface area contributed by atoms with Crippen molar-refractivity contribution in [1.82, 2.24) is 5.12 Å². The molecule has 0 spiro atoms. The fraction of sp³-hybridized carbons (Fsp3) is 0.333. The van der Waals surface area contributed by atoms with E-state index in [9.17, 15) is 19.3 Å². The summed E-state index contributed by atoms with van der Waals surface area (Å²) in [6.45, 7) is 1.65. The second-order valence-corrected chi connectivity index (χ2v) is 5.24. The van der Waals surface area contributed by atoms with E-state index < -0.39 is 29.7 Å². The molecule has 0 aromatic heterocycles. The van der Waals surface area contributed by atoms with Crippen molar-refractivity contribution >= 4 is 29.2 Å². The Balaban J connectivity index is 1.97. The van der Waals surface area contributed by atoms with Crippen LogP contribution in [0.1, 0.15) is 6.92 Å². The van der Waals surface area contributed by atoms with Crippen molar-refractivity contribution in [2.75, 3.05) is 18.6 Å². The quantitative estimate of drug-likeness (QED) is 0.432. The predicted molar refractivity (Wildman–Crippen MR) is 84.5 cm³/mol. The van der Waals surface area contributed by atoms with Gasteiger partial charge in [-0.15, -0.1) is 15.1 Å². The van der Waals surface area contributed by atoms with Gasteiger partial charge in [-0.05, 0) is 31.2 Å². The molecule has 1 aromatic carbocycles. The van der Waals surface area contributed by atoms with Crippen LogP contribution in [0.5, 0.6) is 5.75 Å². The minimum atomic E-state index is -1.29. The summed E-state index contributed by atoms with van der Waals surface area (Å²) in [5, 5.41) is 6.85. The van der Waals surface area contributed by atoms with Crippen LogP contribution >= 0.6 is 0 Å². The van der Waals surface area contributed by atoms with Crippen molar-refractivity contribution in [2.24, 2.45) is 16.3 Å². The first-order valence-corrected chi connectivity index (χ1v) is 7.43. The van der Waals surface area contributed by atoms with Gasteiger partial charge >= 0.3 is 5.97 Å². The fourth-order valence-electron chi connectivity index (χ4n) is 2.82. The van der Waals surface area contributed by atoms with Gasteiger partial charge in [0.15, 0.2) is 11.8 Å². The Labute approximate surface area is 141 Å². The van der Waals surface area contributed by atoms with Crippen LogP contribution in [-0.2, 0) is 19.1 Å². The summed E-state index contributed by atoms with van der Waals surface area (Å²) in [7, 11) is 1.49. The average molecular weight is 346 g/mol. The van der Waals surface area contributed by atoms with Gasteiger partial charge in [-0.2, -0.15) is 0 Å². The van der Waals surface area contributed by atoms with Crippen LogP contribution in [0.3, 0.4) is 0 Å². The van der Waals surface area contributed by atoms with E-state index in [0.717, 1.165) is 4.90 Å². The highest BCUT2D eigenvalue weighted by Gasteiger charge is 2.59. The number of ether oxygens (including phenoxy) is 2. The number of anilines is 1. The molecule has 2 aliphatic heterocycles. The molecule has 0 unspecified atom stereocenters. The van der Waals surface area contributed by atoms with E-state index in [2.05, 4.69) is 10.4 Å². The van der Waals surface area contributed by atoms with Gasteiger partial charge in [0.1, 0.15) is 11.7 Å². The molecule has 0 radical (unpaired) electrons. The lowest BCUT2D eigenvalue weighted by Crippen LogP contribution is -2.36. The van der Waals surface area contributed by atoms with Gasteiger partial charge in [-0.3, -0.25) is 9.59 Å². The van der Waals surface area contributed by atoms with Crippen LogP contribution in [0.15, 0.2) is 34.7 Å². The number of amides is 2. The van der Waals surface area contributed by atoms with Gasteiger partial charge in [-0.1, -0.05) is 0 Å². The zero-order valence-electron chi connectivity index (χ0n) is 13.4. The number of carbonyl (C=O) groups is 3. The smallest absolute Gasteiger partial charge is 0.355 e. The van der Waals surface area contributed by atoms with Crippen molar-refractivity contribution in [2.45, 2.75) is 13.0 Å². The normalized spacial score (nSPS) is 21.9. The van der Waals surface area contributed by atoms with Crippen molar-refractivity contribution < 1.29 is 23.9 Å². The Morgan fingerprint density at radius 3 is 2.48 bits per heavy atom. The third-order valence-electron chi connectivity index (χ3n) is 3.93. The van der Waals surface area contributed by atoms with Crippen LogP contribution in [0, 0.1) is 10.8 Å². The Kier molecular flexibility index (Phi) is 4.17. The number of methoxy groups -OCH3 is 1. The average Bonchev–Trinajstić information content (AvgIpc) is 3.12. The zero-order chi connectivity index (χ0) is 18.1. The molecule has 0 saturated carbocycles. The number of hydrogen-bond acceptors (Lipinski definition) is 8. The minimum absolute atomic E-state index is 0.0636. The Hall–Kier alpha value is -3.30. The molecular weight excluding hydrogens is 332 g/mol. The molecule has 2 amide bonds. The third kappa shape index (κ3) is 2.51. The molecule has 0 aliphatic carbocycles. The molecule has 0 N–H and O–H groups in total. The van der Waals surface area contributed by atoms with Crippen LogP contribution in [0.4, 0.5) is 5.69 Å². The number of nitroso groups, excluding NO2 is 1. The first-order chi connectivity index (χ1) is 12.0. The summed E-state index contributed by atoms with van der Waals surface area (Å²) in [6, 6.07) is 4.93. The topological polar surface area (TPSA) is 118 Å². The number of hydrogen-bond donors (Lipinski definition) is 0. The van der Waals surface area contributed by atoms with Gasteiger partial charge in [0.2, 0.25) is 5.91 Å². The summed E-state index contributed by atoms with van der Waals surface area (Å²) in [5.41, 5.74) is -0.0138. The maximum atomic E-state index is 12.7. The number of hydrazone groups is 1. The maximum absolute atomic E-state index is 12.7. The first kappa shape index (κ1) is 16.6. The predicted octanol–water partition coefficient (Wildman–Crippen LogP) is 0.469. The summed E-state index contributed by atoms with van der Waals surface area (Å²) in [6.07, 6.45) is 0. The molecule has 3 rings (SSSR count). The number of imide groups is 1. The summed E-state index contributed by atoms with van der Waals surface area (Å²) in [4.78, 5) is 49.3. The first-order valence-electron chi connectivity index (χ1n) is 7.43. The largest absolute Gasteiger partial charge is 0.497 e. The number of fused-ring (bicyclic) bond motifs is 1. The lowest BCUT2D eigenvalue weighted by molar-refractivity contribution is -0.136. The number of rotatable bonds is 5. The summed E-state index contributed by atoms with van der Waals surface area (Å²) >= 11 is 0. The van der Waals surface area contributed by atoms with Crippen molar-refractivity contribution in [3.8, 4) is 5.75 Å². The van der Waals surface area contributed by atoms with Gasteiger partial charge in [0.05, 0.1) is 24.7 Å². The second kappa shape index (κ2) is 6.30. The van der Waals surface area contributed by atoms with E-state index in [-0.39, 0.29) is 12.3 Å². The number of esters is 1. The summed E-state index contributed by atoms with van der Waals surface area (Å²) < 4.78 is 9.88. The summed E-state index contributed by atoms with van der Waals surface area (Å²) in [5.74, 6) is -2.90. The number of nitrogens with zero attached hydrogens (tertiary/aromatic N) is 4. The molecule has 130 valence electrons. The molecule has 2 heterocycles. The molecule has 0 bridgehead atoms. The number of benzene rings is 1. The molecule has 10 heteroatoms. The number of carbonyl (C=O) groups excluding carboxylic acids is 3. The molecule has 1 fully saturated rings. The van der Waals surface area contributed by atoms with Crippen LogP contribution < -0.4 is 9.64 Å². The van der Waals surface area contributed by atoms with Crippen molar-refractivity contribution in [3.05, 3.63) is 29.2 Å². The van der Waals surface area contributed by atoms with E-state index in [1.807, 2.05) is 0 Å². The standard InChI is InChI=1S/C15H14N4O6/c1-3-25-15(22)11-10-12(19(16-11)17-23)14(21)18(13(10)20)8-4-6-9(24-2)7-5-8/h4-7,10,12H,3H2,1-2H3/t10-,12+/m1/s1. The van der Waals surface area contributed by atoms with Gasteiger partial charge < -0.3 is 9.47 Å². The van der Waals surface area contributed by atoms with E-state index in [1.165, 1.54) is 19.2 Å². The Morgan fingerprint density at radius 1 is 1.24 bits per heavy atom. The zero-order valence-corrected chi connectivity index (χ0v) is 13.4. The SMILES string of the molecule is CCOC(=O)C1=NN(N=O)[C@@H]2C(=O)N(c3ccc(OC)cc3)C(=O)[C@H]12. The highest BCUT2D eigenvalue weighted by Crippen LogP contribution is 2.35. The minimum Gasteiger partial charge on any atom is -0.497 e. The van der Waals surface area contributed by atoms with Gasteiger partial charge in [-0.25, -0.2) is 9.69 Å². The lowest BCUT2D eigenvalue weighted by Gasteiger charge is -2.17. The molecule has 2 aliphatic rings. The van der Waals surface area contributed by atoms with Crippen LogP contribution in [-0.4, -0.2) is 48.4 Å². The molecule has 2 atom stereocenters. The van der Waals surface area contributed by atoms with Crippen LogP contribution in [0.2, 0.25) is 0 Å². The molecular formula is C15H14N4O6. The van der Waals surface area contributed by atoms with E-state index in [4.69, 9.17) is 9.47 Å². The highest BCUT2D eigenvalue weighted by atomic mass is 16.5. The molecule has 1 aromatic rings. The molecule has 25 heavy (non-hydrogen) atoms. The highest BCUT2D eigenvalue weighted by molar-refractivity contribution is 6.46. The Bertz CT molecular complexity index is 775. The van der Waals surface area contributed by atoms with Crippen molar-refractivity contribution in [3.63, 3.8) is 0 Å². The monoisotopic (exact) mass is 346 g/mol. The third-order valence-corrected chi connectivity index (χ3v) is 3.93. The van der Waals surface area contributed by atoms with Gasteiger partial charge in [0, 0.05) is 0 Å². The molecule has 10 nitrogen and oxygen atoms in total. The lowest BCUT2D eigenvalue weighted by atomic mass is 9.98. The van der Waals surface area contributed by atoms with Crippen molar-refractivity contribution in [1.29, 1.82) is 0 Å². The van der Waals surface area contributed by atoms with E-state index in [1.54, 1.807) is 19.1 Å². The van der Waals surface area contributed by atoms with E-state index in [0.29, 0.717) is 16.6 Å². The van der Waals surface area contributed by atoms with E-state index >= 15 is 0 Å². The van der Waals surface area contributed by atoms with Crippen LogP contribution in [0.25, 0.3) is 0 Å². The Morgan fingerprint density at radius 2 is 1.92 bits per heavy atom.